The highest BCUT2D eigenvalue weighted by Gasteiger charge is 2.21. The third-order valence-electron chi connectivity index (χ3n) is 3.58. The molecule has 0 saturated heterocycles. The lowest BCUT2D eigenvalue weighted by Crippen LogP contribution is -2.14. The van der Waals surface area contributed by atoms with E-state index in [4.69, 9.17) is 9.47 Å². The highest BCUT2D eigenvalue weighted by molar-refractivity contribution is 8.14. The predicted octanol–water partition coefficient (Wildman–Crippen LogP) is 2.74. The number of phenolic OH excluding ortho intramolecular Hbond substituents is 1. The van der Waals surface area contributed by atoms with Crippen LogP contribution in [0.1, 0.15) is 0 Å². The monoisotopic (exact) mass is 407 g/mol. The van der Waals surface area contributed by atoms with Crippen LogP contribution in [0.15, 0.2) is 56.2 Å². The van der Waals surface area contributed by atoms with Crippen LogP contribution < -0.4 is 14.2 Å². The van der Waals surface area contributed by atoms with Crippen LogP contribution in [0.2, 0.25) is 0 Å². The van der Waals surface area contributed by atoms with Gasteiger partial charge in [0, 0.05) is 12.3 Å². The van der Waals surface area contributed by atoms with Gasteiger partial charge in [-0.25, -0.2) is 13.4 Å². The zero-order chi connectivity index (χ0) is 19.4. The molecule has 10 heteroatoms. The minimum atomic E-state index is -3.95. The highest BCUT2D eigenvalue weighted by Crippen LogP contribution is 2.34. The Balaban J connectivity index is 1.91. The number of methoxy groups -OCH3 is 2. The Morgan fingerprint density at radius 1 is 1.15 bits per heavy atom. The summed E-state index contributed by atoms with van der Waals surface area (Å²) in [4.78, 5) is 8.59. The number of sulfonamides is 1. The van der Waals surface area contributed by atoms with Gasteiger partial charge in [-0.2, -0.15) is 0 Å². The van der Waals surface area contributed by atoms with Crippen LogP contribution in [-0.2, 0) is 10.0 Å². The summed E-state index contributed by atoms with van der Waals surface area (Å²) >= 11 is 1.15. The van der Waals surface area contributed by atoms with Gasteiger partial charge in [0.1, 0.15) is 22.1 Å². The number of phenols is 1. The standard InChI is InChI=1S/C17H17N3O5S2/c1-24-12-4-6-14(25-2)16(10-12)27(22,23)20-11-3-5-13(21)15(9-11)26-17-18-7-8-19-17/h3-7,9-10,20-21H,8H2,1-2H3. The molecule has 0 saturated carbocycles. The Bertz CT molecular complexity index is 1020. The lowest BCUT2D eigenvalue weighted by atomic mass is 10.3. The Morgan fingerprint density at radius 2 is 1.96 bits per heavy atom. The van der Waals surface area contributed by atoms with Gasteiger partial charge in [-0.3, -0.25) is 9.71 Å². The average molecular weight is 407 g/mol. The molecule has 0 radical (unpaired) electrons. The maximum absolute atomic E-state index is 12.8. The van der Waals surface area contributed by atoms with Crippen LogP contribution in [0.4, 0.5) is 5.69 Å². The second-order valence-electron chi connectivity index (χ2n) is 5.34. The van der Waals surface area contributed by atoms with Gasteiger partial charge in [0.25, 0.3) is 10.0 Å². The van der Waals surface area contributed by atoms with Crippen LogP contribution in [0.5, 0.6) is 17.2 Å². The first-order valence-corrected chi connectivity index (χ1v) is 10.1. The van der Waals surface area contributed by atoms with Gasteiger partial charge < -0.3 is 14.6 Å². The highest BCUT2D eigenvalue weighted by atomic mass is 32.2. The summed E-state index contributed by atoms with van der Waals surface area (Å²) < 4.78 is 38.4. The number of thioether (sulfide) groups is 1. The number of hydrogen-bond donors (Lipinski definition) is 2. The molecular weight excluding hydrogens is 390 g/mol. The summed E-state index contributed by atoms with van der Waals surface area (Å²) in [5, 5.41) is 10.5. The number of benzene rings is 2. The van der Waals surface area contributed by atoms with Crippen molar-refractivity contribution in [2.45, 2.75) is 9.79 Å². The van der Waals surface area contributed by atoms with E-state index in [0.717, 1.165) is 11.8 Å². The molecule has 1 aliphatic rings. The van der Waals surface area contributed by atoms with Crippen molar-refractivity contribution < 1.29 is 23.0 Å². The van der Waals surface area contributed by atoms with E-state index in [1.165, 1.54) is 44.6 Å². The van der Waals surface area contributed by atoms with Crippen molar-refractivity contribution in [1.29, 1.82) is 0 Å². The van der Waals surface area contributed by atoms with Crippen molar-refractivity contribution in [3.05, 3.63) is 36.4 Å². The SMILES string of the molecule is COc1ccc(OC)c(S(=O)(=O)Nc2ccc(O)c(SC3=NCC=N3)c2)c1. The summed E-state index contributed by atoms with van der Waals surface area (Å²) in [6.45, 7) is 0.491. The van der Waals surface area contributed by atoms with Crippen LogP contribution >= 0.6 is 11.8 Å². The van der Waals surface area contributed by atoms with Gasteiger partial charge >= 0.3 is 0 Å². The van der Waals surface area contributed by atoms with E-state index in [1.807, 2.05) is 0 Å². The minimum absolute atomic E-state index is 0.00621. The number of hydrogen-bond acceptors (Lipinski definition) is 8. The number of aromatic hydroxyl groups is 1. The van der Waals surface area contributed by atoms with E-state index in [1.54, 1.807) is 12.3 Å². The van der Waals surface area contributed by atoms with E-state index in [0.29, 0.717) is 22.4 Å². The van der Waals surface area contributed by atoms with Gasteiger partial charge in [0.2, 0.25) is 0 Å². The number of nitrogens with zero attached hydrogens (tertiary/aromatic N) is 2. The summed E-state index contributed by atoms with van der Waals surface area (Å²) in [5.74, 6) is 0.577. The van der Waals surface area contributed by atoms with Gasteiger partial charge in [0.05, 0.1) is 31.3 Å². The van der Waals surface area contributed by atoms with Crippen LogP contribution in [0, 0.1) is 0 Å². The molecule has 0 aromatic heterocycles. The van der Waals surface area contributed by atoms with E-state index >= 15 is 0 Å². The molecule has 0 atom stereocenters. The van der Waals surface area contributed by atoms with Crippen LogP contribution in [-0.4, -0.2) is 45.7 Å². The lowest BCUT2D eigenvalue weighted by Gasteiger charge is -2.13. The summed E-state index contributed by atoms with van der Waals surface area (Å²) in [5.41, 5.74) is 0.280. The molecule has 0 fully saturated rings. The topological polar surface area (TPSA) is 110 Å². The number of aliphatic imine (C=N–C) groups is 2. The maximum atomic E-state index is 12.8. The molecule has 1 heterocycles. The molecule has 2 aromatic rings. The summed E-state index contributed by atoms with van der Waals surface area (Å²) in [6, 6.07) is 8.88. The second kappa shape index (κ2) is 7.89. The number of ether oxygens (including phenoxy) is 2. The van der Waals surface area contributed by atoms with Gasteiger partial charge in [0.15, 0.2) is 5.17 Å². The van der Waals surface area contributed by atoms with E-state index in [-0.39, 0.29) is 22.1 Å². The number of amidine groups is 1. The quantitative estimate of drug-likeness (QED) is 0.713. The molecule has 2 N–H and O–H groups in total. The average Bonchev–Trinajstić information content (AvgIpc) is 3.16. The fourth-order valence-corrected chi connectivity index (χ4v) is 4.36. The Hall–Kier alpha value is -2.72. The predicted molar refractivity (Wildman–Crippen MR) is 105 cm³/mol. The second-order valence-corrected chi connectivity index (χ2v) is 8.00. The summed E-state index contributed by atoms with van der Waals surface area (Å²) in [6.07, 6.45) is 1.65. The smallest absolute Gasteiger partial charge is 0.265 e. The number of anilines is 1. The first-order chi connectivity index (χ1) is 12.9. The van der Waals surface area contributed by atoms with Crippen LogP contribution in [0.3, 0.4) is 0 Å². The molecule has 8 nitrogen and oxygen atoms in total. The van der Waals surface area contributed by atoms with E-state index in [2.05, 4.69) is 14.7 Å². The molecule has 0 unspecified atom stereocenters. The molecule has 0 aliphatic carbocycles. The van der Waals surface area contributed by atoms with Crippen molar-refractivity contribution >= 4 is 38.9 Å². The van der Waals surface area contributed by atoms with Gasteiger partial charge in [-0.05, 0) is 42.1 Å². The molecule has 0 spiro atoms. The normalized spacial score (nSPS) is 13.3. The zero-order valence-electron chi connectivity index (χ0n) is 14.5. The minimum Gasteiger partial charge on any atom is -0.507 e. The molecule has 27 heavy (non-hydrogen) atoms. The lowest BCUT2D eigenvalue weighted by molar-refractivity contribution is 0.392. The third kappa shape index (κ3) is 4.34. The largest absolute Gasteiger partial charge is 0.507 e. The number of rotatable bonds is 6. The van der Waals surface area contributed by atoms with E-state index in [9.17, 15) is 13.5 Å². The molecule has 0 amide bonds. The van der Waals surface area contributed by atoms with Crippen LogP contribution in [0.25, 0.3) is 0 Å². The van der Waals surface area contributed by atoms with Crippen molar-refractivity contribution in [1.82, 2.24) is 0 Å². The fraction of sp³-hybridized carbons (Fsp3) is 0.176. The Kier molecular flexibility index (Phi) is 5.57. The van der Waals surface area contributed by atoms with Gasteiger partial charge in [-0.1, -0.05) is 0 Å². The van der Waals surface area contributed by atoms with Crippen molar-refractivity contribution in [2.75, 3.05) is 25.5 Å². The number of nitrogens with one attached hydrogen (secondary N) is 1. The summed E-state index contributed by atoms with van der Waals surface area (Å²) in [7, 11) is -1.12. The first kappa shape index (κ1) is 19.1. The zero-order valence-corrected chi connectivity index (χ0v) is 16.2. The van der Waals surface area contributed by atoms with Crippen molar-refractivity contribution in [3.8, 4) is 17.2 Å². The Labute approximate surface area is 161 Å². The maximum Gasteiger partial charge on any atom is 0.265 e. The van der Waals surface area contributed by atoms with E-state index < -0.39 is 10.0 Å². The molecule has 2 aromatic carbocycles. The molecule has 1 aliphatic heterocycles. The Morgan fingerprint density at radius 3 is 2.63 bits per heavy atom. The molecule has 142 valence electrons. The fourth-order valence-electron chi connectivity index (χ4n) is 2.30. The molecule has 0 bridgehead atoms. The third-order valence-corrected chi connectivity index (χ3v) is 5.95. The van der Waals surface area contributed by atoms with Crippen molar-refractivity contribution in [3.63, 3.8) is 0 Å². The first-order valence-electron chi connectivity index (χ1n) is 7.75. The molecular formula is C17H17N3O5S2. The van der Waals surface area contributed by atoms with Crippen molar-refractivity contribution in [2.24, 2.45) is 9.98 Å². The molecule has 3 rings (SSSR count). The van der Waals surface area contributed by atoms with Gasteiger partial charge in [-0.15, -0.1) is 0 Å².